The van der Waals surface area contributed by atoms with Crippen LogP contribution >= 0.6 is 0 Å². The number of carbonyl (C=O) groups is 2. The summed E-state index contributed by atoms with van der Waals surface area (Å²) in [5.74, 6) is -0.510. The first-order valence-electron chi connectivity index (χ1n) is 6.02. The average molecular weight is 244 g/mol. The maximum Gasteiger partial charge on any atom is 0.235 e. The monoisotopic (exact) mass is 244 g/mol. The van der Waals surface area contributed by atoms with Crippen molar-refractivity contribution in [2.24, 2.45) is 5.41 Å². The van der Waals surface area contributed by atoms with Gasteiger partial charge in [0.15, 0.2) is 0 Å². The first kappa shape index (κ1) is 15.9. The topological polar surface area (TPSA) is 67.4 Å². The maximum absolute atomic E-state index is 11.8. The summed E-state index contributed by atoms with van der Waals surface area (Å²) in [6.45, 7) is 6.77. The lowest BCUT2D eigenvalue weighted by Crippen LogP contribution is -2.48. The van der Waals surface area contributed by atoms with Crippen LogP contribution in [0, 0.1) is 5.41 Å². The van der Waals surface area contributed by atoms with E-state index in [1.807, 2.05) is 0 Å². The van der Waals surface area contributed by atoms with E-state index in [2.05, 4.69) is 17.6 Å². The van der Waals surface area contributed by atoms with Gasteiger partial charge in [-0.05, 0) is 20.3 Å². The Morgan fingerprint density at radius 3 is 2.12 bits per heavy atom. The molecule has 0 aromatic rings. The average Bonchev–Trinajstić information content (AvgIpc) is 2.29. The van der Waals surface area contributed by atoms with Crippen LogP contribution in [0.4, 0.5) is 0 Å². The number of carbonyl (C=O) groups excluding carboxylic acids is 2. The van der Waals surface area contributed by atoms with E-state index in [0.29, 0.717) is 19.7 Å². The molecule has 0 heterocycles. The van der Waals surface area contributed by atoms with Crippen molar-refractivity contribution in [3.63, 3.8) is 0 Å². The SMILES string of the molecule is CCCCNC(=O)C(C)(C)C(=O)NCCOC. The van der Waals surface area contributed by atoms with Gasteiger partial charge in [0.05, 0.1) is 6.61 Å². The highest BCUT2D eigenvalue weighted by atomic mass is 16.5. The summed E-state index contributed by atoms with van der Waals surface area (Å²) < 4.78 is 4.83. The van der Waals surface area contributed by atoms with Gasteiger partial charge in [0.25, 0.3) is 0 Å². The van der Waals surface area contributed by atoms with Gasteiger partial charge < -0.3 is 15.4 Å². The first-order valence-corrected chi connectivity index (χ1v) is 6.02. The molecule has 0 unspecified atom stereocenters. The maximum atomic E-state index is 11.8. The van der Waals surface area contributed by atoms with Gasteiger partial charge in [0.1, 0.15) is 5.41 Å². The van der Waals surface area contributed by atoms with Gasteiger partial charge in [-0.3, -0.25) is 9.59 Å². The predicted molar refractivity (Wildman–Crippen MR) is 66.6 cm³/mol. The second kappa shape index (κ2) is 8.06. The van der Waals surface area contributed by atoms with Gasteiger partial charge in [-0.1, -0.05) is 13.3 Å². The van der Waals surface area contributed by atoms with Crippen LogP contribution in [0.3, 0.4) is 0 Å². The third-order valence-electron chi connectivity index (χ3n) is 2.54. The number of nitrogens with one attached hydrogen (secondary N) is 2. The molecule has 0 atom stereocenters. The van der Waals surface area contributed by atoms with Crippen LogP contribution in [-0.4, -0.2) is 38.6 Å². The summed E-state index contributed by atoms with van der Waals surface area (Å²) in [5.41, 5.74) is -1.04. The lowest BCUT2D eigenvalue weighted by Gasteiger charge is -2.22. The van der Waals surface area contributed by atoms with Crippen molar-refractivity contribution in [1.82, 2.24) is 10.6 Å². The molecule has 5 heteroatoms. The number of hydrogen-bond donors (Lipinski definition) is 2. The molecular formula is C12H24N2O3. The van der Waals surface area contributed by atoms with E-state index >= 15 is 0 Å². The number of unbranched alkanes of at least 4 members (excludes halogenated alkanes) is 1. The van der Waals surface area contributed by atoms with Crippen LogP contribution in [0.2, 0.25) is 0 Å². The van der Waals surface area contributed by atoms with Crippen LogP contribution < -0.4 is 10.6 Å². The van der Waals surface area contributed by atoms with Crippen molar-refractivity contribution in [1.29, 1.82) is 0 Å². The van der Waals surface area contributed by atoms with Gasteiger partial charge in [0, 0.05) is 20.2 Å². The van der Waals surface area contributed by atoms with E-state index in [-0.39, 0.29) is 11.8 Å². The summed E-state index contributed by atoms with van der Waals surface area (Å²) in [6, 6.07) is 0. The van der Waals surface area contributed by atoms with Gasteiger partial charge in [-0.15, -0.1) is 0 Å². The number of methoxy groups -OCH3 is 1. The first-order chi connectivity index (χ1) is 7.96. The molecule has 0 radical (unpaired) electrons. The predicted octanol–water partition coefficient (Wildman–Crippen LogP) is 0.692. The Morgan fingerprint density at radius 2 is 1.65 bits per heavy atom. The van der Waals surface area contributed by atoms with Crippen LogP contribution in [-0.2, 0) is 14.3 Å². The molecule has 2 amide bonds. The number of ether oxygens (including phenoxy) is 1. The van der Waals surface area contributed by atoms with E-state index in [1.54, 1.807) is 21.0 Å². The van der Waals surface area contributed by atoms with Crippen molar-refractivity contribution in [3.05, 3.63) is 0 Å². The molecule has 0 aliphatic heterocycles. The van der Waals surface area contributed by atoms with Crippen molar-refractivity contribution >= 4 is 11.8 Å². The Balaban J connectivity index is 4.13. The minimum Gasteiger partial charge on any atom is -0.383 e. The molecule has 100 valence electrons. The summed E-state index contributed by atoms with van der Waals surface area (Å²) in [7, 11) is 1.56. The van der Waals surface area contributed by atoms with Gasteiger partial charge in [-0.25, -0.2) is 0 Å². The Bertz CT molecular complexity index is 228. The van der Waals surface area contributed by atoms with Crippen molar-refractivity contribution in [2.45, 2.75) is 33.6 Å². The third kappa shape index (κ3) is 5.68. The molecule has 0 saturated carbocycles. The molecule has 0 aliphatic rings. The third-order valence-corrected chi connectivity index (χ3v) is 2.54. The van der Waals surface area contributed by atoms with E-state index in [1.165, 1.54) is 0 Å². The van der Waals surface area contributed by atoms with Crippen molar-refractivity contribution < 1.29 is 14.3 Å². The highest BCUT2D eigenvalue weighted by Gasteiger charge is 2.35. The fourth-order valence-corrected chi connectivity index (χ4v) is 1.19. The molecule has 5 nitrogen and oxygen atoms in total. The lowest BCUT2D eigenvalue weighted by molar-refractivity contribution is -0.141. The van der Waals surface area contributed by atoms with E-state index in [9.17, 15) is 9.59 Å². The largest absolute Gasteiger partial charge is 0.383 e. The molecule has 0 aromatic heterocycles. The molecule has 17 heavy (non-hydrogen) atoms. The van der Waals surface area contributed by atoms with Crippen molar-refractivity contribution in [3.8, 4) is 0 Å². The second-order valence-corrected chi connectivity index (χ2v) is 4.48. The van der Waals surface area contributed by atoms with Crippen molar-refractivity contribution in [2.75, 3.05) is 26.8 Å². The molecule has 0 rings (SSSR count). The van der Waals surface area contributed by atoms with E-state index < -0.39 is 5.41 Å². The molecule has 0 saturated heterocycles. The normalized spacial score (nSPS) is 11.1. The zero-order valence-corrected chi connectivity index (χ0v) is 11.3. The van der Waals surface area contributed by atoms with Crippen LogP contribution in [0.5, 0.6) is 0 Å². The summed E-state index contributed by atoms with van der Waals surface area (Å²) >= 11 is 0. The molecule has 0 spiro atoms. The fourth-order valence-electron chi connectivity index (χ4n) is 1.19. The standard InChI is InChI=1S/C12H24N2O3/c1-5-6-7-13-10(15)12(2,3)11(16)14-8-9-17-4/h5-9H2,1-4H3,(H,13,15)(H,14,16). The fraction of sp³-hybridized carbons (Fsp3) is 0.833. The lowest BCUT2D eigenvalue weighted by atomic mass is 9.91. The minimum atomic E-state index is -1.04. The molecular weight excluding hydrogens is 220 g/mol. The Kier molecular flexibility index (Phi) is 7.54. The summed E-state index contributed by atoms with van der Waals surface area (Å²) in [5, 5.41) is 5.43. The zero-order valence-electron chi connectivity index (χ0n) is 11.3. The minimum absolute atomic E-state index is 0.235. The Morgan fingerprint density at radius 1 is 1.12 bits per heavy atom. The molecule has 0 aliphatic carbocycles. The summed E-state index contributed by atoms with van der Waals surface area (Å²) in [6.07, 6.45) is 1.94. The zero-order chi connectivity index (χ0) is 13.3. The molecule has 2 N–H and O–H groups in total. The molecule has 0 fully saturated rings. The highest BCUT2D eigenvalue weighted by molar-refractivity contribution is 6.04. The van der Waals surface area contributed by atoms with Gasteiger partial charge in [0.2, 0.25) is 11.8 Å². The Hall–Kier alpha value is -1.10. The van der Waals surface area contributed by atoms with Gasteiger partial charge >= 0.3 is 0 Å². The van der Waals surface area contributed by atoms with Crippen LogP contribution in [0.15, 0.2) is 0 Å². The van der Waals surface area contributed by atoms with Crippen LogP contribution in [0.25, 0.3) is 0 Å². The van der Waals surface area contributed by atoms with E-state index in [4.69, 9.17) is 4.74 Å². The second-order valence-electron chi connectivity index (χ2n) is 4.48. The molecule has 0 bridgehead atoms. The number of hydrogen-bond acceptors (Lipinski definition) is 3. The van der Waals surface area contributed by atoms with Crippen LogP contribution in [0.1, 0.15) is 33.6 Å². The van der Waals surface area contributed by atoms with E-state index in [0.717, 1.165) is 12.8 Å². The number of rotatable bonds is 8. The van der Waals surface area contributed by atoms with Gasteiger partial charge in [-0.2, -0.15) is 0 Å². The quantitative estimate of drug-likeness (QED) is 0.487. The smallest absolute Gasteiger partial charge is 0.235 e. The summed E-state index contributed by atoms with van der Waals surface area (Å²) in [4.78, 5) is 23.6. The number of amides is 2. The molecule has 0 aromatic carbocycles. The highest BCUT2D eigenvalue weighted by Crippen LogP contribution is 2.15. The Labute approximate surface area is 103 Å².